The summed E-state index contributed by atoms with van der Waals surface area (Å²) in [5, 5.41) is 7.60. The number of hydrogen-bond donors (Lipinski definition) is 2. The number of fused-ring (bicyclic) bond motifs is 2. The minimum Gasteiger partial charge on any atom is -0.454 e. The molecule has 0 amide bonds. The van der Waals surface area contributed by atoms with Gasteiger partial charge in [0.15, 0.2) is 17.3 Å². The molecule has 1 aliphatic rings. The Labute approximate surface area is 162 Å². The van der Waals surface area contributed by atoms with E-state index in [2.05, 4.69) is 34.2 Å². The molecule has 0 spiro atoms. The largest absolute Gasteiger partial charge is 0.454 e. The summed E-state index contributed by atoms with van der Waals surface area (Å²) in [5.41, 5.74) is 7.12. The Morgan fingerprint density at radius 2 is 1.89 bits per heavy atom. The highest BCUT2D eigenvalue weighted by Gasteiger charge is 2.17. The molecule has 0 unspecified atom stereocenters. The van der Waals surface area contributed by atoms with Crippen molar-refractivity contribution in [2.45, 2.75) is 20.3 Å². The van der Waals surface area contributed by atoms with Crippen molar-refractivity contribution in [2.75, 3.05) is 6.79 Å². The Kier molecular flexibility index (Phi) is 3.90. The zero-order valence-corrected chi connectivity index (χ0v) is 15.7. The standard InChI is InChI=1S/C22H20N4O2/c1-3-5-16-15(4-2)21(26-25-16)22-23-17-8-6-13(10-18(17)24-22)14-7-9-19-20(11-14)28-12-27-19/h3,5-11H,4,12H2,1-2H3,(H,23,24)(H,25,26)/b5-3-. The predicted octanol–water partition coefficient (Wildman–Crippen LogP) is 4.94. The molecular weight excluding hydrogens is 352 g/mol. The van der Waals surface area contributed by atoms with Crippen LogP contribution in [0, 0.1) is 0 Å². The number of hydrogen-bond acceptors (Lipinski definition) is 4. The first-order valence-electron chi connectivity index (χ1n) is 9.37. The van der Waals surface area contributed by atoms with Gasteiger partial charge in [-0.2, -0.15) is 5.10 Å². The molecule has 3 heterocycles. The topological polar surface area (TPSA) is 75.8 Å². The summed E-state index contributed by atoms with van der Waals surface area (Å²) in [5.74, 6) is 2.35. The van der Waals surface area contributed by atoms with Crippen LogP contribution in [0.4, 0.5) is 0 Å². The second-order valence-corrected chi connectivity index (χ2v) is 6.70. The lowest BCUT2D eigenvalue weighted by Gasteiger charge is -2.03. The fourth-order valence-corrected chi connectivity index (χ4v) is 3.61. The van der Waals surface area contributed by atoms with Crippen LogP contribution in [-0.4, -0.2) is 27.0 Å². The number of aromatic amines is 2. The van der Waals surface area contributed by atoms with Gasteiger partial charge in [-0.1, -0.05) is 25.1 Å². The average Bonchev–Trinajstić information content (AvgIpc) is 3.44. The lowest BCUT2D eigenvalue weighted by Crippen LogP contribution is -1.92. The summed E-state index contributed by atoms with van der Waals surface area (Å²) in [6.45, 7) is 4.40. The van der Waals surface area contributed by atoms with Crippen molar-refractivity contribution in [3.63, 3.8) is 0 Å². The third-order valence-corrected chi connectivity index (χ3v) is 5.00. The first-order chi connectivity index (χ1) is 13.8. The van der Waals surface area contributed by atoms with Crippen LogP contribution in [0.2, 0.25) is 0 Å². The van der Waals surface area contributed by atoms with Crippen molar-refractivity contribution in [1.82, 2.24) is 20.2 Å². The maximum atomic E-state index is 5.50. The van der Waals surface area contributed by atoms with Gasteiger partial charge < -0.3 is 14.5 Å². The van der Waals surface area contributed by atoms with Gasteiger partial charge in [-0.05, 0) is 54.8 Å². The number of nitrogens with one attached hydrogen (secondary N) is 2. The van der Waals surface area contributed by atoms with Gasteiger partial charge in [0, 0.05) is 5.56 Å². The number of ether oxygens (including phenoxy) is 2. The average molecular weight is 372 g/mol. The molecule has 0 aliphatic carbocycles. The molecule has 0 radical (unpaired) electrons. The molecular formula is C22H20N4O2. The van der Waals surface area contributed by atoms with Gasteiger partial charge in [-0.15, -0.1) is 0 Å². The van der Waals surface area contributed by atoms with Gasteiger partial charge in [0.05, 0.1) is 16.7 Å². The second kappa shape index (κ2) is 6.56. The minimum atomic E-state index is 0.278. The summed E-state index contributed by atoms with van der Waals surface area (Å²) in [6.07, 6.45) is 4.92. The maximum Gasteiger partial charge on any atom is 0.231 e. The summed E-state index contributed by atoms with van der Waals surface area (Å²) in [7, 11) is 0. The van der Waals surface area contributed by atoms with Gasteiger partial charge in [0.1, 0.15) is 5.69 Å². The Bertz CT molecular complexity index is 1200. The van der Waals surface area contributed by atoms with Crippen molar-refractivity contribution < 1.29 is 9.47 Å². The maximum absolute atomic E-state index is 5.50. The van der Waals surface area contributed by atoms with Crippen LogP contribution in [0.1, 0.15) is 25.1 Å². The zero-order chi connectivity index (χ0) is 19.1. The quantitative estimate of drug-likeness (QED) is 0.532. The van der Waals surface area contributed by atoms with Crippen molar-refractivity contribution in [1.29, 1.82) is 0 Å². The van der Waals surface area contributed by atoms with E-state index in [1.165, 1.54) is 0 Å². The smallest absolute Gasteiger partial charge is 0.231 e. The number of allylic oxidation sites excluding steroid dienone is 1. The molecule has 28 heavy (non-hydrogen) atoms. The fourth-order valence-electron chi connectivity index (χ4n) is 3.61. The van der Waals surface area contributed by atoms with Crippen LogP contribution in [0.15, 0.2) is 42.5 Å². The SMILES string of the molecule is C/C=C\c1[nH]nc(-c2nc3ccc(-c4ccc5c(c4)OCO5)cc3[nH]2)c1CC. The minimum absolute atomic E-state index is 0.278. The van der Waals surface area contributed by atoms with Crippen molar-refractivity contribution in [3.05, 3.63) is 53.7 Å². The molecule has 6 heteroatoms. The van der Waals surface area contributed by atoms with Crippen LogP contribution >= 0.6 is 0 Å². The number of nitrogens with zero attached hydrogens (tertiary/aromatic N) is 2. The molecule has 2 aromatic carbocycles. The van der Waals surface area contributed by atoms with E-state index in [1.54, 1.807) is 0 Å². The summed E-state index contributed by atoms with van der Waals surface area (Å²) < 4.78 is 10.9. The molecule has 5 rings (SSSR count). The molecule has 4 aromatic rings. The lowest BCUT2D eigenvalue weighted by molar-refractivity contribution is 0.174. The van der Waals surface area contributed by atoms with Gasteiger partial charge in [-0.3, -0.25) is 5.10 Å². The molecule has 0 saturated heterocycles. The number of imidazole rings is 1. The lowest BCUT2D eigenvalue weighted by atomic mass is 10.0. The van der Waals surface area contributed by atoms with Crippen molar-refractivity contribution in [3.8, 4) is 34.1 Å². The Hall–Kier alpha value is -3.54. The molecule has 0 saturated carbocycles. The molecule has 140 valence electrons. The van der Waals surface area contributed by atoms with E-state index < -0.39 is 0 Å². The summed E-state index contributed by atoms with van der Waals surface area (Å²) >= 11 is 0. The second-order valence-electron chi connectivity index (χ2n) is 6.70. The van der Waals surface area contributed by atoms with Crippen LogP contribution in [0.25, 0.3) is 39.8 Å². The molecule has 0 fully saturated rings. The van der Waals surface area contributed by atoms with E-state index in [0.29, 0.717) is 0 Å². The van der Waals surface area contributed by atoms with E-state index in [4.69, 9.17) is 14.5 Å². The van der Waals surface area contributed by atoms with Crippen LogP contribution < -0.4 is 9.47 Å². The normalized spacial score (nSPS) is 13.1. The molecule has 0 bridgehead atoms. The Balaban J connectivity index is 1.56. The number of benzene rings is 2. The number of rotatable bonds is 4. The zero-order valence-electron chi connectivity index (χ0n) is 15.7. The molecule has 1 aliphatic heterocycles. The van der Waals surface area contributed by atoms with Gasteiger partial charge in [-0.25, -0.2) is 4.98 Å². The molecule has 2 aromatic heterocycles. The Morgan fingerprint density at radius 1 is 1.07 bits per heavy atom. The predicted molar refractivity (Wildman–Crippen MR) is 109 cm³/mol. The van der Waals surface area contributed by atoms with E-state index in [9.17, 15) is 0 Å². The van der Waals surface area contributed by atoms with Crippen LogP contribution in [0.3, 0.4) is 0 Å². The first-order valence-corrected chi connectivity index (χ1v) is 9.37. The van der Waals surface area contributed by atoms with Crippen LogP contribution in [-0.2, 0) is 6.42 Å². The first kappa shape index (κ1) is 16.6. The number of aromatic nitrogens is 4. The van der Waals surface area contributed by atoms with E-state index >= 15 is 0 Å². The summed E-state index contributed by atoms with van der Waals surface area (Å²) in [4.78, 5) is 8.18. The summed E-state index contributed by atoms with van der Waals surface area (Å²) in [6, 6.07) is 12.2. The van der Waals surface area contributed by atoms with Crippen LogP contribution in [0.5, 0.6) is 11.5 Å². The third-order valence-electron chi connectivity index (χ3n) is 5.00. The number of H-pyrrole nitrogens is 2. The van der Waals surface area contributed by atoms with Gasteiger partial charge in [0.2, 0.25) is 6.79 Å². The highest BCUT2D eigenvalue weighted by Crippen LogP contribution is 2.36. The highest BCUT2D eigenvalue weighted by atomic mass is 16.7. The van der Waals surface area contributed by atoms with Crippen molar-refractivity contribution >= 4 is 17.1 Å². The van der Waals surface area contributed by atoms with E-state index in [1.807, 2.05) is 43.3 Å². The molecule has 2 N–H and O–H groups in total. The highest BCUT2D eigenvalue weighted by molar-refractivity contribution is 5.85. The molecule has 6 nitrogen and oxygen atoms in total. The third kappa shape index (κ3) is 2.65. The van der Waals surface area contributed by atoms with E-state index in [-0.39, 0.29) is 6.79 Å². The monoisotopic (exact) mass is 372 g/mol. The Morgan fingerprint density at radius 3 is 2.75 bits per heavy atom. The van der Waals surface area contributed by atoms with Gasteiger partial charge in [0.25, 0.3) is 0 Å². The molecule has 0 atom stereocenters. The van der Waals surface area contributed by atoms with Gasteiger partial charge >= 0.3 is 0 Å². The fraction of sp³-hybridized carbons (Fsp3) is 0.182. The van der Waals surface area contributed by atoms with E-state index in [0.717, 1.165) is 62.9 Å². The van der Waals surface area contributed by atoms with Crippen molar-refractivity contribution in [2.24, 2.45) is 0 Å².